The van der Waals surface area contributed by atoms with Gasteiger partial charge >= 0.3 is 0 Å². The van der Waals surface area contributed by atoms with Crippen LogP contribution in [-0.2, 0) is 14.8 Å². The van der Waals surface area contributed by atoms with E-state index in [4.69, 9.17) is 10.5 Å². The summed E-state index contributed by atoms with van der Waals surface area (Å²) in [6.07, 6.45) is 2.18. The van der Waals surface area contributed by atoms with E-state index in [0.29, 0.717) is 17.5 Å². The highest BCUT2D eigenvalue weighted by Crippen LogP contribution is 2.43. The summed E-state index contributed by atoms with van der Waals surface area (Å²) in [7, 11) is -3.71. The molecule has 118 valence electrons. The average Bonchev–Trinajstić information content (AvgIpc) is 2.40. The number of nitrogens with two attached hydrogens (primary N) is 1. The lowest BCUT2D eigenvalue weighted by atomic mass is 9.65. The molecule has 1 heterocycles. The van der Waals surface area contributed by atoms with E-state index in [-0.39, 0.29) is 28.3 Å². The van der Waals surface area contributed by atoms with Crippen molar-refractivity contribution in [2.75, 3.05) is 12.3 Å². The number of halogens is 1. The Bertz CT molecular complexity index is 634. The first-order valence-electron chi connectivity index (χ1n) is 6.73. The van der Waals surface area contributed by atoms with Gasteiger partial charge in [-0.25, -0.2) is 18.1 Å². The lowest BCUT2D eigenvalue weighted by Crippen LogP contribution is -2.61. The van der Waals surface area contributed by atoms with Gasteiger partial charge in [0.2, 0.25) is 10.0 Å². The van der Waals surface area contributed by atoms with Crippen LogP contribution in [0.1, 0.15) is 27.2 Å². The molecule has 0 aliphatic heterocycles. The number of nitrogens with zero attached hydrogens (tertiary/aromatic N) is 1. The minimum atomic E-state index is -3.71. The fourth-order valence-electron chi connectivity index (χ4n) is 2.47. The number of sulfonamides is 1. The molecule has 0 bridgehead atoms. The van der Waals surface area contributed by atoms with Crippen molar-refractivity contribution in [3.63, 3.8) is 0 Å². The Balaban J connectivity index is 2.18. The van der Waals surface area contributed by atoms with E-state index in [2.05, 4.69) is 25.6 Å². The molecule has 6 nitrogen and oxygen atoms in total. The zero-order valence-electron chi connectivity index (χ0n) is 12.3. The molecule has 2 atom stereocenters. The summed E-state index contributed by atoms with van der Waals surface area (Å²) in [5.74, 6) is -0.0100. The molecule has 8 heteroatoms. The first-order chi connectivity index (χ1) is 9.68. The van der Waals surface area contributed by atoms with Crippen molar-refractivity contribution in [1.29, 1.82) is 0 Å². The Labute approximate surface area is 133 Å². The second-order valence-corrected chi connectivity index (χ2v) is 8.31. The molecule has 1 aromatic rings. The molecule has 0 saturated heterocycles. The number of hydrogen-bond acceptors (Lipinski definition) is 5. The minimum Gasteiger partial charge on any atom is -0.383 e. The van der Waals surface area contributed by atoms with Crippen molar-refractivity contribution < 1.29 is 13.2 Å². The summed E-state index contributed by atoms with van der Waals surface area (Å²) in [6.45, 7) is 6.54. The highest BCUT2D eigenvalue weighted by molar-refractivity contribution is 9.10. The Morgan fingerprint density at radius 2 is 2.24 bits per heavy atom. The molecule has 1 fully saturated rings. The molecule has 2 rings (SSSR count). The van der Waals surface area contributed by atoms with E-state index in [1.165, 1.54) is 12.3 Å². The van der Waals surface area contributed by atoms with Crippen LogP contribution >= 0.6 is 15.9 Å². The molecule has 2 unspecified atom stereocenters. The summed E-state index contributed by atoms with van der Waals surface area (Å²) >= 11 is 3.21. The normalized spacial score (nSPS) is 24.6. The van der Waals surface area contributed by atoms with Gasteiger partial charge in [-0.2, -0.15) is 0 Å². The third-order valence-corrected chi connectivity index (χ3v) is 5.92. The third-order valence-electron chi connectivity index (χ3n) is 3.98. The minimum absolute atomic E-state index is 0.00691. The van der Waals surface area contributed by atoms with Crippen molar-refractivity contribution in [2.45, 2.75) is 44.2 Å². The van der Waals surface area contributed by atoms with Gasteiger partial charge in [0.05, 0.1) is 6.10 Å². The molecule has 0 amide bonds. The van der Waals surface area contributed by atoms with Crippen LogP contribution in [0.2, 0.25) is 0 Å². The van der Waals surface area contributed by atoms with Crippen LogP contribution in [0.25, 0.3) is 0 Å². The zero-order valence-corrected chi connectivity index (χ0v) is 14.7. The summed E-state index contributed by atoms with van der Waals surface area (Å²) in [5.41, 5.74) is 5.42. The van der Waals surface area contributed by atoms with Crippen molar-refractivity contribution in [2.24, 2.45) is 5.41 Å². The number of nitrogen functional groups attached to an aromatic ring is 1. The lowest BCUT2D eigenvalue weighted by Gasteiger charge is -2.51. The number of hydrogen-bond donors (Lipinski definition) is 2. The van der Waals surface area contributed by atoms with Gasteiger partial charge in [0.1, 0.15) is 10.7 Å². The Morgan fingerprint density at radius 3 is 2.81 bits per heavy atom. The van der Waals surface area contributed by atoms with Crippen LogP contribution in [0.3, 0.4) is 0 Å². The SMILES string of the molecule is CCOC1CC(NS(=O)(=O)c2cc(Br)cnc2N)C1(C)C. The molecule has 1 saturated carbocycles. The van der Waals surface area contributed by atoms with Crippen LogP contribution in [0.5, 0.6) is 0 Å². The second-order valence-electron chi connectivity index (χ2n) is 5.71. The topological polar surface area (TPSA) is 94.3 Å². The van der Waals surface area contributed by atoms with Crippen LogP contribution in [0.15, 0.2) is 21.6 Å². The number of nitrogens with one attached hydrogen (secondary N) is 1. The molecule has 3 N–H and O–H groups in total. The zero-order chi connectivity index (χ0) is 15.8. The van der Waals surface area contributed by atoms with Gasteiger partial charge in [-0.3, -0.25) is 0 Å². The first-order valence-corrected chi connectivity index (χ1v) is 9.01. The van der Waals surface area contributed by atoms with Crippen LogP contribution in [-0.4, -0.2) is 32.2 Å². The van der Waals surface area contributed by atoms with Crippen molar-refractivity contribution in [3.8, 4) is 0 Å². The number of rotatable bonds is 5. The van der Waals surface area contributed by atoms with E-state index in [1.807, 2.05) is 20.8 Å². The maximum absolute atomic E-state index is 12.5. The Hall–Kier alpha value is -0.700. The maximum atomic E-state index is 12.5. The van der Waals surface area contributed by atoms with Gasteiger partial charge < -0.3 is 10.5 Å². The number of aromatic nitrogens is 1. The number of ether oxygens (including phenoxy) is 1. The van der Waals surface area contributed by atoms with Crippen LogP contribution < -0.4 is 10.5 Å². The summed E-state index contributed by atoms with van der Waals surface area (Å²) in [4.78, 5) is 3.86. The van der Waals surface area contributed by atoms with E-state index in [0.717, 1.165) is 0 Å². The quantitative estimate of drug-likeness (QED) is 0.816. The monoisotopic (exact) mass is 377 g/mol. The average molecular weight is 378 g/mol. The van der Waals surface area contributed by atoms with E-state index < -0.39 is 10.0 Å². The molecule has 1 aromatic heterocycles. The first kappa shape index (κ1) is 16.7. The van der Waals surface area contributed by atoms with E-state index in [9.17, 15) is 8.42 Å². The predicted octanol–water partition coefficient (Wildman–Crippen LogP) is 1.91. The third kappa shape index (κ3) is 3.23. The highest BCUT2D eigenvalue weighted by atomic mass is 79.9. The van der Waals surface area contributed by atoms with Crippen molar-refractivity contribution >= 4 is 31.8 Å². The maximum Gasteiger partial charge on any atom is 0.244 e. The van der Waals surface area contributed by atoms with Gasteiger partial charge in [-0.05, 0) is 35.3 Å². The van der Waals surface area contributed by atoms with Crippen molar-refractivity contribution in [1.82, 2.24) is 9.71 Å². The molecule has 1 aliphatic rings. The van der Waals surface area contributed by atoms with Gasteiger partial charge in [0.15, 0.2) is 0 Å². The molecule has 1 aliphatic carbocycles. The van der Waals surface area contributed by atoms with E-state index >= 15 is 0 Å². The Morgan fingerprint density at radius 1 is 1.57 bits per heavy atom. The van der Waals surface area contributed by atoms with Gasteiger partial charge in [-0.1, -0.05) is 13.8 Å². The number of anilines is 1. The van der Waals surface area contributed by atoms with E-state index in [1.54, 1.807) is 0 Å². The predicted molar refractivity (Wildman–Crippen MR) is 84.3 cm³/mol. The molecular formula is C13H20BrN3O3S. The number of pyridine rings is 1. The summed E-state index contributed by atoms with van der Waals surface area (Å²) < 4.78 is 33.8. The van der Waals surface area contributed by atoms with Crippen molar-refractivity contribution in [3.05, 3.63) is 16.7 Å². The smallest absolute Gasteiger partial charge is 0.244 e. The fraction of sp³-hybridized carbons (Fsp3) is 0.615. The highest BCUT2D eigenvalue weighted by Gasteiger charge is 2.50. The molecule has 0 aromatic carbocycles. The molecule has 0 radical (unpaired) electrons. The van der Waals surface area contributed by atoms with Gasteiger partial charge in [0, 0.05) is 28.7 Å². The second kappa shape index (κ2) is 5.83. The Kier molecular flexibility index (Phi) is 4.63. The molecule has 0 spiro atoms. The van der Waals surface area contributed by atoms with Gasteiger partial charge in [0.25, 0.3) is 0 Å². The molecule has 21 heavy (non-hydrogen) atoms. The summed E-state index contributed by atoms with van der Waals surface area (Å²) in [6, 6.07) is 1.27. The van der Waals surface area contributed by atoms with Crippen LogP contribution in [0.4, 0.5) is 5.82 Å². The molecular weight excluding hydrogens is 358 g/mol. The lowest BCUT2D eigenvalue weighted by molar-refractivity contribution is -0.108. The summed E-state index contributed by atoms with van der Waals surface area (Å²) in [5, 5.41) is 0. The van der Waals surface area contributed by atoms with Gasteiger partial charge in [-0.15, -0.1) is 0 Å². The fourth-order valence-corrected chi connectivity index (χ4v) is 4.46. The van der Waals surface area contributed by atoms with Crippen LogP contribution in [0, 0.1) is 5.41 Å². The standard InChI is InChI=1S/C13H20BrN3O3S/c1-4-20-11-6-10(13(11,2)3)17-21(18,19)9-5-8(14)7-16-12(9)15/h5,7,10-11,17H,4,6H2,1-3H3,(H2,15,16). The largest absolute Gasteiger partial charge is 0.383 e.